The summed E-state index contributed by atoms with van der Waals surface area (Å²) in [5, 5.41) is 0. The van der Waals surface area contributed by atoms with E-state index in [4.69, 9.17) is 18.9 Å². The molecule has 0 atom stereocenters. The molecule has 1 aliphatic heterocycles. The molecule has 1 aliphatic rings. The van der Waals surface area contributed by atoms with Gasteiger partial charge in [0.05, 0.1) is 21.3 Å². The molecule has 0 saturated carbocycles. The molecule has 2 aromatic carbocycles. The van der Waals surface area contributed by atoms with Crippen LogP contribution >= 0.6 is 0 Å². The van der Waals surface area contributed by atoms with E-state index in [2.05, 4.69) is 4.99 Å². The highest BCUT2D eigenvalue weighted by Crippen LogP contribution is 2.39. The molecule has 3 rings (SSSR count). The van der Waals surface area contributed by atoms with Crippen LogP contribution in [-0.2, 0) is 9.53 Å². The number of ether oxygens (including phenoxy) is 4. The van der Waals surface area contributed by atoms with E-state index in [0.29, 0.717) is 22.8 Å². The summed E-state index contributed by atoms with van der Waals surface area (Å²) in [5.41, 5.74) is 2.70. The molecule has 6 heteroatoms. The van der Waals surface area contributed by atoms with Crippen LogP contribution in [-0.4, -0.2) is 33.2 Å². The zero-order valence-electron chi connectivity index (χ0n) is 16.2. The molecule has 0 aromatic heterocycles. The summed E-state index contributed by atoms with van der Waals surface area (Å²) in [5.74, 6) is 1.03. The number of hydrogen-bond acceptors (Lipinski definition) is 6. The van der Waals surface area contributed by atoms with Crippen molar-refractivity contribution >= 4 is 17.9 Å². The molecule has 6 nitrogen and oxygen atoms in total. The Morgan fingerprint density at radius 3 is 2.21 bits per heavy atom. The van der Waals surface area contributed by atoms with Crippen molar-refractivity contribution in [1.82, 2.24) is 0 Å². The number of hydrogen-bond donors (Lipinski definition) is 0. The summed E-state index contributed by atoms with van der Waals surface area (Å²) in [6.07, 6.45) is 3.66. The summed E-state index contributed by atoms with van der Waals surface area (Å²) in [6.45, 7) is 1.90. The Kier molecular flexibility index (Phi) is 5.79. The fourth-order valence-electron chi connectivity index (χ4n) is 2.81. The van der Waals surface area contributed by atoms with Gasteiger partial charge in [-0.3, -0.25) is 0 Å². The molecular formula is C22H21NO5. The first kappa shape index (κ1) is 19.2. The zero-order valence-corrected chi connectivity index (χ0v) is 16.2. The van der Waals surface area contributed by atoms with Crippen molar-refractivity contribution < 1.29 is 23.7 Å². The quantitative estimate of drug-likeness (QED) is 0.561. The van der Waals surface area contributed by atoms with Gasteiger partial charge in [0.1, 0.15) is 0 Å². The minimum atomic E-state index is -0.510. The van der Waals surface area contributed by atoms with Crippen molar-refractivity contribution in [3.8, 4) is 17.2 Å². The number of nitrogens with zero attached hydrogens (tertiary/aromatic N) is 1. The van der Waals surface area contributed by atoms with Crippen molar-refractivity contribution in [3.63, 3.8) is 0 Å². The molecule has 28 heavy (non-hydrogen) atoms. The van der Waals surface area contributed by atoms with Crippen LogP contribution in [0.1, 0.15) is 18.1 Å². The lowest BCUT2D eigenvalue weighted by atomic mass is 10.1. The van der Waals surface area contributed by atoms with Gasteiger partial charge in [-0.15, -0.1) is 0 Å². The zero-order chi connectivity index (χ0) is 20.1. The Morgan fingerprint density at radius 1 is 1.00 bits per heavy atom. The Labute approximate surface area is 163 Å². The minimum absolute atomic E-state index is 0.183. The number of methoxy groups -OCH3 is 3. The molecule has 1 heterocycles. The monoisotopic (exact) mass is 379 g/mol. The van der Waals surface area contributed by atoms with Crippen molar-refractivity contribution in [2.75, 3.05) is 21.3 Å². The number of aliphatic imine (C=N–C) groups is 1. The highest BCUT2D eigenvalue weighted by Gasteiger charge is 2.26. The van der Waals surface area contributed by atoms with Crippen LogP contribution < -0.4 is 14.2 Å². The second-order valence-electron chi connectivity index (χ2n) is 6.05. The van der Waals surface area contributed by atoms with Crippen LogP contribution in [0.5, 0.6) is 17.2 Å². The van der Waals surface area contributed by atoms with E-state index in [-0.39, 0.29) is 11.6 Å². The molecule has 0 bridgehead atoms. The van der Waals surface area contributed by atoms with E-state index < -0.39 is 5.97 Å². The molecule has 0 radical (unpaired) electrons. The summed E-state index contributed by atoms with van der Waals surface area (Å²) in [6, 6.07) is 13.2. The average molecular weight is 379 g/mol. The Bertz CT molecular complexity index is 949. The van der Waals surface area contributed by atoms with E-state index in [1.807, 2.05) is 43.3 Å². The Balaban J connectivity index is 1.95. The standard InChI is InChI=1S/C22H21NO5/c1-14(10-15-8-6-5-7-9-15)11-17-22(24)28-21(23-17)16-12-18(25-2)20(27-4)19(13-16)26-3/h5-13H,1-4H3/b14-10-,17-11+. The highest BCUT2D eigenvalue weighted by atomic mass is 16.6. The molecule has 0 saturated heterocycles. The number of cyclic esters (lactones) is 1. The first-order chi connectivity index (χ1) is 13.5. The average Bonchev–Trinajstić information content (AvgIpc) is 3.07. The van der Waals surface area contributed by atoms with Crippen molar-refractivity contribution in [2.45, 2.75) is 6.92 Å². The van der Waals surface area contributed by atoms with Crippen LogP contribution in [0.25, 0.3) is 6.08 Å². The van der Waals surface area contributed by atoms with Crippen LogP contribution in [0.3, 0.4) is 0 Å². The predicted octanol–water partition coefficient (Wildman–Crippen LogP) is 4.00. The van der Waals surface area contributed by atoms with Gasteiger partial charge >= 0.3 is 5.97 Å². The second kappa shape index (κ2) is 8.43. The second-order valence-corrected chi connectivity index (χ2v) is 6.05. The number of allylic oxidation sites excluding steroid dienone is 2. The van der Waals surface area contributed by atoms with E-state index in [1.165, 1.54) is 21.3 Å². The van der Waals surface area contributed by atoms with E-state index >= 15 is 0 Å². The van der Waals surface area contributed by atoms with E-state index in [9.17, 15) is 4.79 Å². The van der Waals surface area contributed by atoms with Crippen LogP contribution in [0.15, 0.2) is 64.8 Å². The van der Waals surface area contributed by atoms with Crippen LogP contribution in [0.4, 0.5) is 0 Å². The maximum Gasteiger partial charge on any atom is 0.363 e. The van der Waals surface area contributed by atoms with Gasteiger partial charge in [-0.1, -0.05) is 36.4 Å². The SMILES string of the molecule is COc1cc(C2=N/C(=C/C(C)=C\c3ccccc3)C(=O)O2)cc(OC)c1OC. The Hall–Kier alpha value is -3.54. The van der Waals surface area contributed by atoms with Crippen molar-refractivity contribution in [1.29, 1.82) is 0 Å². The van der Waals surface area contributed by atoms with Gasteiger partial charge in [-0.05, 0) is 36.3 Å². The number of carbonyl (C=O) groups is 1. The topological polar surface area (TPSA) is 66.4 Å². The highest BCUT2D eigenvalue weighted by molar-refractivity contribution is 6.11. The summed E-state index contributed by atoms with van der Waals surface area (Å²) < 4.78 is 21.3. The van der Waals surface area contributed by atoms with Gasteiger partial charge in [0, 0.05) is 5.56 Å². The normalized spacial score (nSPS) is 15.3. The van der Waals surface area contributed by atoms with Gasteiger partial charge in [-0.25, -0.2) is 9.79 Å². The van der Waals surface area contributed by atoms with Gasteiger partial charge in [-0.2, -0.15) is 0 Å². The predicted molar refractivity (Wildman–Crippen MR) is 107 cm³/mol. The van der Waals surface area contributed by atoms with Crippen molar-refractivity contribution in [3.05, 3.63) is 70.9 Å². The number of carbonyl (C=O) groups excluding carboxylic acids is 1. The first-order valence-electron chi connectivity index (χ1n) is 8.62. The molecule has 2 aromatic rings. The maximum absolute atomic E-state index is 12.3. The molecule has 0 fully saturated rings. The third-order valence-corrected chi connectivity index (χ3v) is 4.09. The maximum atomic E-state index is 12.3. The lowest BCUT2D eigenvalue weighted by Gasteiger charge is -2.13. The molecule has 144 valence electrons. The van der Waals surface area contributed by atoms with Crippen molar-refractivity contribution in [2.24, 2.45) is 4.99 Å². The fraction of sp³-hybridized carbons (Fsp3) is 0.182. The lowest BCUT2D eigenvalue weighted by Crippen LogP contribution is -2.07. The van der Waals surface area contributed by atoms with E-state index in [0.717, 1.165) is 11.1 Å². The molecule has 0 aliphatic carbocycles. The third-order valence-electron chi connectivity index (χ3n) is 4.09. The van der Waals surface area contributed by atoms with E-state index in [1.54, 1.807) is 18.2 Å². The summed E-state index contributed by atoms with van der Waals surface area (Å²) in [4.78, 5) is 16.6. The lowest BCUT2D eigenvalue weighted by molar-refractivity contribution is -0.130. The molecule has 0 unspecified atom stereocenters. The fourth-order valence-corrected chi connectivity index (χ4v) is 2.81. The van der Waals surface area contributed by atoms with Gasteiger partial charge < -0.3 is 18.9 Å². The summed E-state index contributed by atoms with van der Waals surface area (Å²) in [7, 11) is 4.56. The smallest absolute Gasteiger partial charge is 0.363 e. The number of rotatable bonds is 6. The number of benzene rings is 2. The third kappa shape index (κ3) is 4.06. The minimum Gasteiger partial charge on any atom is -0.493 e. The van der Waals surface area contributed by atoms with Gasteiger partial charge in [0.15, 0.2) is 17.2 Å². The first-order valence-corrected chi connectivity index (χ1v) is 8.62. The summed E-state index contributed by atoms with van der Waals surface area (Å²) >= 11 is 0. The number of esters is 1. The molecule has 0 spiro atoms. The van der Waals surface area contributed by atoms with Crippen LogP contribution in [0.2, 0.25) is 0 Å². The largest absolute Gasteiger partial charge is 0.493 e. The molecule has 0 amide bonds. The Morgan fingerprint density at radius 2 is 1.64 bits per heavy atom. The van der Waals surface area contributed by atoms with Crippen LogP contribution in [0, 0.1) is 0 Å². The molecule has 0 N–H and O–H groups in total. The van der Waals surface area contributed by atoms with Gasteiger partial charge in [0.25, 0.3) is 0 Å². The molecular weight excluding hydrogens is 358 g/mol. The van der Waals surface area contributed by atoms with Gasteiger partial charge in [0.2, 0.25) is 11.6 Å².